The van der Waals surface area contributed by atoms with Crippen molar-refractivity contribution in [3.63, 3.8) is 0 Å². The van der Waals surface area contributed by atoms with E-state index in [2.05, 4.69) is 16.4 Å². The van der Waals surface area contributed by atoms with Crippen molar-refractivity contribution in [2.24, 2.45) is 0 Å². The van der Waals surface area contributed by atoms with Gasteiger partial charge in [0, 0.05) is 36.8 Å². The number of pyridine rings is 1. The van der Waals surface area contributed by atoms with Crippen LogP contribution in [0.15, 0.2) is 48.7 Å². The standard InChI is InChI=1S/C23H22ClN3O2/c24-20-7-4-18(5-8-20)17-2-1-12-27(13-11-17)22(29)10-3-16-14-19-6-9-21(28)26-23(19)25-15-16/h2-5,7-8,10,14-15H,1,6,9,11-13H2,(H,25,26,28). The van der Waals surface area contributed by atoms with Gasteiger partial charge in [0.2, 0.25) is 11.8 Å². The maximum atomic E-state index is 12.7. The molecule has 5 nitrogen and oxygen atoms in total. The Hall–Kier alpha value is -2.92. The quantitative estimate of drug-likeness (QED) is 0.770. The third-order valence-corrected chi connectivity index (χ3v) is 5.50. The molecule has 1 N–H and O–H groups in total. The number of rotatable bonds is 3. The lowest BCUT2D eigenvalue weighted by Crippen LogP contribution is -2.30. The average molecular weight is 408 g/mol. The number of fused-ring (bicyclic) bond motifs is 1. The van der Waals surface area contributed by atoms with E-state index in [4.69, 9.17) is 11.6 Å². The number of nitrogens with zero attached hydrogens (tertiary/aromatic N) is 2. The van der Waals surface area contributed by atoms with Gasteiger partial charge in [0.15, 0.2) is 0 Å². The smallest absolute Gasteiger partial charge is 0.246 e. The van der Waals surface area contributed by atoms with Crippen LogP contribution in [0.5, 0.6) is 0 Å². The van der Waals surface area contributed by atoms with Crippen molar-refractivity contribution < 1.29 is 9.59 Å². The average Bonchev–Trinajstić information content (AvgIpc) is 2.99. The first kappa shape index (κ1) is 19.4. The number of amides is 2. The van der Waals surface area contributed by atoms with Crippen LogP contribution in [0.3, 0.4) is 0 Å². The highest BCUT2D eigenvalue weighted by molar-refractivity contribution is 6.30. The SMILES string of the molecule is O=C1CCc2cc(C=CC(=O)N3CCC=C(c4ccc(Cl)cc4)CC3)cnc2N1. The Bertz CT molecular complexity index is 996. The minimum absolute atomic E-state index is 0.00165. The highest BCUT2D eigenvalue weighted by atomic mass is 35.5. The second-order valence-corrected chi connectivity index (χ2v) is 7.69. The maximum absolute atomic E-state index is 12.7. The third kappa shape index (κ3) is 4.74. The molecular weight excluding hydrogens is 386 g/mol. The van der Waals surface area contributed by atoms with Gasteiger partial charge in [-0.1, -0.05) is 29.8 Å². The van der Waals surface area contributed by atoms with Crippen molar-refractivity contribution in [2.75, 3.05) is 18.4 Å². The number of halogens is 1. The van der Waals surface area contributed by atoms with Crippen LogP contribution < -0.4 is 5.32 Å². The molecule has 0 fully saturated rings. The number of nitrogens with one attached hydrogen (secondary N) is 1. The number of aryl methyl sites for hydroxylation is 1. The Balaban J connectivity index is 1.38. The summed E-state index contributed by atoms with van der Waals surface area (Å²) in [6, 6.07) is 9.82. The molecule has 2 aliphatic rings. The van der Waals surface area contributed by atoms with Gasteiger partial charge in [0.25, 0.3) is 0 Å². The summed E-state index contributed by atoms with van der Waals surface area (Å²) in [5.41, 5.74) is 4.28. The van der Waals surface area contributed by atoms with Crippen LogP contribution in [-0.4, -0.2) is 34.8 Å². The second-order valence-electron chi connectivity index (χ2n) is 7.26. The summed E-state index contributed by atoms with van der Waals surface area (Å²) in [6.45, 7) is 1.39. The van der Waals surface area contributed by atoms with Crippen LogP contribution in [0.25, 0.3) is 11.6 Å². The van der Waals surface area contributed by atoms with Crippen molar-refractivity contribution in [1.29, 1.82) is 0 Å². The predicted octanol–water partition coefficient (Wildman–Crippen LogP) is 4.34. The summed E-state index contributed by atoms with van der Waals surface area (Å²) in [5.74, 6) is 0.621. The molecule has 29 heavy (non-hydrogen) atoms. The van der Waals surface area contributed by atoms with Crippen LogP contribution in [0, 0.1) is 0 Å². The molecule has 0 radical (unpaired) electrons. The molecule has 1 aromatic heterocycles. The van der Waals surface area contributed by atoms with Crippen molar-refractivity contribution in [3.05, 3.63) is 70.4 Å². The fraction of sp³-hybridized carbons (Fsp3) is 0.261. The minimum atomic E-state index is -0.00351. The summed E-state index contributed by atoms with van der Waals surface area (Å²) < 4.78 is 0. The Kier molecular flexibility index (Phi) is 5.76. The topological polar surface area (TPSA) is 62.3 Å². The zero-order valence-electron chi connectivity index (χ0n) is 16.0. The Labute approximate surface area is 175 Å². The molecular formula is C23H22ClN3O2. The molecule has 0 atom stereocenters. The van der Waals surface area contributed by atoms with Crippen molar-refractivity contribution in [1.82, 2.24) is 9.88 Å². The van der Waals surface area contributed by atoms with Crippen LogP contribution in [0.2, 0.25) is 5.02 Å². The van der Waals surface area contributed by atoms with Gasteiger partial charge in [-0.15, -0.1) is 0 Å². The summed E-state index contributed by atoms with van der Waals surface area (Å²) in [5, 5.41) is 3.49. The van der Waals surface area contributed by atoms with E-state index in [1.807, 2.05) is 35.2 Å². The number of carbonyl (C=O) groups is 2. The van der Waals surface area contributed by atoms with Gasteiger partial charge in [-0.3, -0.25) is 9.59 Å². The molecule has 0 spiro atoms. The van der Waals surface area contributed by atoms with Gasteiger partial charge in [0.05, 0.1) is 0 Å². The lowest BCUT2D eigenvalue weighted by Gasteiger charge is -2.19. The second kappa shape index (κ2) is 8.62. The lowest BCUT2D eigenvalue weighted by molar-refractivity contribution is -0.125. The highest BCUT2D eigenvalue weighted by Gasteiger charge is 2.17. The van der Waals surface area contributed by atoms with E-state index in [1.54, 1.807) is 18.3 Å². The van der Waals surface area contributed by atoms with E-state index in [1.165, 1.54) is 5.57 Å². The number of hydrogen-bond donors (Lipinski definition) is 1. The van der Waals surface area contributed by atoms with Crippen LogP contribution in [0.4, 0.5) is 5.82 Å². The number of aromatic nitrogens is 1. The van der Waals surface area contributed by atoms with Gasteiger partial charge in [0.1, 0.15) is 5.82 Å². The van der Waals surface area contributed by atoms with Crippen LogP contribution >= 0.6 is 11.6 Å². The normalized spacial score (nSPS) is 16.8. The molecule has 3 heterocycles. The van der Waals surface area contributed by atoms with Gasteiger partial charge in [-0.05, 0) is 65.8 Å². The maximum Gasteiger partial charge on any atom is 0.246 e. The van der Waals surface area contributed by atoms with Crippen molar-refractivity contribution in [2.45, 2.75) is 25.7 Å². The molecule has 2 amide bonds. The molecule has 6 heteroatoms. The molecule has 0 unspecified atom stereocenters. The first-order valence-electron chi connectivity index (χ1n) is 9.79. The molecule has 0 aliphatic carbocycles. The summed E-state index contributed by atoms with van der Waals surface area (Å²) >= 11 is 5.98. The Morgan fingerprint density at radius 3 is 2.79 bits per heavy atom. The van der Waals surface area contributed by atoms with Crippen molar-refractivity contribution in [3.8, 4) is 0 Å². The summed E-state index contributed by atoms with van der Waals surface area (Å²) in [7, 11) is 0. The van der Waals surface area contributed by atoms with E-state index in [9.17, 15) is 9.59 Å². The zero-order chi connectivity index (χ0) is 20.2. The first-order chi connectivity index (χ1) is 14.1. The molecule has 2 aliphatic heterocycles. The van der Waals surface area contributed by atoms with E-state index in [-0.39, 0.29) is 11.8 Å². The van der Waals surface area contributed by atoms with Gasteiger partial charge in [-0.25, -0.2) is 4.98 Å². The molecule has 0 saturated heterocycles. The zero-order valence-corrected chi connectivity index (χ0v) is 16.8. The van der Waals surface area contributed by atoms with E-state index in [0.29, 0.717) is 31.7 Å². The van der Waals surface area contributed by atoms with Gasteiger partial charge >= 0.3 is 0 Å². The van der Waals surface area contributed by atoms with E-state index in [0.717, 1.165) is 34.6 Å². The molecule has 2 aromatic rings. The monoisotopic (exact) mass is 407 g/mol. The first-order valence-corrected chi connectivity index (χ1v) is 10.2. The number of hydrogen-bond acceptors (Lipinski definition) is 3. The molecule has 148 valence electrons. The molecule has 0 saturated carbocycles. The Morgan fingerprint density at radius 2 is 1.97 bits per heavy atom. The van der Waals surface area contributed by atoms with Gasteiger partial charge < -0.3 is 10.2 Å². The van der Waals surface area contributed by atoms with Crippen LogP contribution in [-0.2, 0) is 16.0 Å². The van der Waals surface area contributed by atoms with Crippen molar-refractivity contribution >= 4 is 40.9 Å². The number of carbonyl (C=O) groups excluding carboxylic acids is 2. The third-order valence-electron chi connectivity index (χ3n) is 5.25. The lowest BCUT2D eigenvalue weighted by atomic mass is 10.0. The number of anilines is 1. The predicted molar refractivity (Wildman–Crippen MR) is 115 cm³/mol. The fourth-order valence-electron chi connectivity index (χ4n) is 3.65. The largest absolute Gasteiger partial charge is 0.339 e. The molecule has 0 bridgehead atoms. The van der Waals surface area contributed by atoms with E-state index >= 15 is 0 Å². The van der Waals surface area contributed by atoms with Crippen LogP contribution in [0.1, 0.15) is 36.0 Å². The Morgan fingerprint density at radius 1 is 1.14 bits per heavy atom. The number of benzene rings is 1. The summed E-state index contributed by atoms with van der Waals surface area (Å²) in [4.78, 5) is 30.3. The molecule has 1 aromatic carbocycles. The van der Waals surface area contributed by atoms with Gasteiger partial charge in [-0.2, -0.15) is 0 Å². The highest BCUT2D eigenvalue weighted by Crippen LogP contribution is 2.24. The minimum Gasteiger partial charge on any atom is -0.339 e. The summed E-state index contributed by atoms with van der Waals surface area (Å²) in [6.07, 6.45) is 10.1. The molecule has 4 rings (SSSR count). The fourth-order valence-corrected chi connectivity index (χ4v) is 3.78. The van der Waals surface area contributed by atoms with E-state index < -0.39 is 0 Å².